The molecule has 238 valence electrons. The van der Waals surface area contributed by atoms with E-state index < -0.39 is 5.82 Å². The molecule has 9 nitrogen and oxygen atoms in total. The van der Waals surface area contributed by atoms with Crippen molar-refractivity contribution in [1.82, 2.24) is 19.9 Å². The largest absolute Gasteiger partial charge is 0.493 e. The molecule has 1 fully saturated rings. The van der Waals surface area contributed by atoms with E-state index in [9.17, 15) is 4.79 Å². The Morgan fingerprint density at radius 1 is 0.935 bits per heavy atom. The van der Waals surface area contributed by atoms with Crippen molar-refractivity contribution in [3.05, 3.63) is 107 Å². The fourth-order valence-electron chi connectivity index (χ4n) is 5.53. The van der Waals surface area contributed by atoms with Crippen molar-refractivity contribution in [2.75, 3.05) is 33.4 Å². The number of nitrogens with one attached hydrogen (secondary N) is 1. The molecule has 1 N–H and O–H groups in total. The Kier molecular flexibility index (Phi) is 9.85. The van der Waals surface area contributed by atoms with Crippen molar-refractivity contribution in [1.29, 1.82) is 0 Å². The van der Waals surface area contributed by atoms with Gasteiger partial charge >= 0.3 is 0 Å². The summed E-state index contributed by atoms with van der Waals surface area (Å²) in [5.41, 5.74) is 2.11. The number of hydrogen-bond donors (Lipinski definition) is 1. The Morgan fingerprint density at radius 2 is 1.76 bits per heavy atom. The molecule has 1 aliphatic rings. The zero-order valence-corrected chi connectivity index (χ0v) is 26.0. The number of benzene rings is 3. The van der Waals surface area contributed by atoms with Crippen LogP contribution in [-0.2, 0) is 18.2 Å². The highest BCUT2D eigenvalue weighted by molar-refractivity contribution is 5.88. The van der Waals surface area contributed by atoms with E-state index in [1.165, 1.54) is 22.9 Å². The normalized spacial score (nSPS) is 13.5. The summed E-state index contributed by atoms with van der Waals surface area (Å²) in [7, 11) is 3.24. The quantitative estimate of drug-likeness (QED) is 0.167. The van der Waals surface area contributed by atoms with Gasteiger partial charge in [-0.3, -0.25) is 14.3 Å². The van der Waals surface area contributed by atoms with Crippen LogP contribution in [0, 0.1) is 5.82 Å². The summed E-state index contributed by atoms with van der Waals surface area (Å²) >= 11 is 0. The van der Waals surface area contributed by atoms with Gasteiger partial charge in [0.2, 0.25) is 0 Å². The molecule has 0 aliphatic carbocycles. The first-order valence-electron chi connectivity index (χ1n) is 15.5. The van der Waals surface area contributed by atoms with Crippen LogP contribution in [0.3, 0.4) is 0 Å². The van der Waals surface area contributed by atoms with Crippen molar-refractivity contribution in [3.63, 3.8) is 0 Å². The first kappa shape index (κ1) is 31.2. The average molecular weight is 625 g/mol. The van der Waals surface area contributed by atoms with E-state index >= 15 is 4.39 Å². The number of rotatable bonds is 12. The summed E-state index contributed by atoms with van der Waals surface area (Å²) in [5.74, 6) is 1.49. The van der Waals surface area contributed by atoms with E-state index in [1.807, 2.05) is 30.3 Å². The molecule has 1 aliphatic heterocycles. The third-order valence-corrected chi connectivity index (χ3v) is 8.11. The van der Waals surface area contributed by atoms with Gasteiger partial charge in [-0.15, -0.1) is 0 Å². The smallest absolute Gasteiger partial charge is 0.261 e. The molecular formula is C36H37FN4O5. The number of nitrogens with zero attached hydrogens (tertiary/aromatic N) is 3. The molecule has 46 heavy (non-hydrogen) atoms. The molecule has 0 spiro atoms. The second-order valence-corrected chi connectivity index (χ2v) is 11.2. The van der Waals surface area contributed by atoms with Gasteiger partial charge in [0, 0.05) is 43.7 Å². The minimum atomic E-state index is -0.614. The first-order valence-corrected chi connectivity index (χ1v) is 15.5. The third-order valence-electron chi connectivity index (χ3n) is 8.11. The van der Waals surface area contributed by atoms with Crippen molar-refractivity contribution in [2.45, 2.75) is 31.8 Å². The van der Waals surface area contributed by atoms with Crippen molar-refractivity contribution < 1.29 is 23.3 Å². The number of hydrogen-bond acceptors (Lipinski definition) is 8. The SMILES string of the molecule is COc1cc2c(Oc3ccc(-c4cnc(Cc5ccccc5)n(C)c4=O)cc3F)ccnc2cc1OCCCOC1CCNCC1. The number of aromatic nitrogens is 3. The predicted octanol–water partition coefficient (Wildman–Crippen LogP) is 6.06. The van der Waals surface area contributed by atoms with E-state index in [0.717, 1.165) is 37.9 Å². The minimum Gasteiger partial charge on any atom is -0.493 e. The molecule has 6 rings (SSSR count). The van der Waals surface area contributed by atoms with Crippen LogP contribution in [0.15, 0.2) is 83.9 Å². The summed E-state index contributed by atoms with van der Waals surface area (Å²) in [6.45, 7) is 3.09. The van der Waals surface area contributed by atoms with Gasteiger partial charge in [-0.25, -0.2) is 9.37 Å². The van der Waals surface area contributed by atoms with E-state index in [4.69, 9.17) is 18.9 Å². The lowest BCUT2D eigenvalue weighted by Crippen LogP contribution is -2.32. The molecule has 0 radical (unpaired) electrons. The molecule has 10 heteroatoms. The van der Waals surface area contributed by atoms with Gasteiger partial charge in [-0.1, -0.05) is 36.4 Å². The van der Waals surface area contributed by atoms with Crippen LogP contribution in [0.1, 0.15) is 30.7 Å². The molecule has 3 heterocycles. The van der Waals surface area contributed by atoms with Crippen LogP contribution in [0.4, 0.5) is 4.39 Å². The van der Waals surface area contributed by atoms with E-state index in [1.54, 1.807) is 44.6 Å². The molecule has 1 saturated heterocycles. The van der Waals surface area contributed by atoms with Crippen molar-refractivity contribution in [3.8, 4) is 34.1 Å². The van der Waals surface area contributed by atoms with E-state index in [-0.39, 0.29) is 11.3 Å². The van der Waals surface area contributed by atoms with E-state index in [2.05, 4.69) is 15.3 Å². The number of methoxy groups -OCH3 is 1. The first-order chi connectivity index (χ1) is 22.5. The molecule has 0 bridgehead atoms. The van der Waals surface area contributed by atoms with Crippen LogP contribution in [-0.4, -0.2) is 54.1 Å². The van der Waals surface area contributed by atoms with Crippen LogP contribution in [0.25, 0.3) is 22.0 Å². The Balaban J connectivity index is 1.15. The number of halogens is 1. The number of fused-ring (bicyclic) bond motifs is 1. The van der Waals surface area contributed by atoms with Gasteiger partial charge < -0.3 is 24.3 Å². The Hall–Kier alpha value is -4.80. The second-order valence-electron chi connectivity index (χ2n) is 11.2. The molecule has 3 aromatic carbocycles. The maximum Gasteiger partial charge on any atom is 0.261 e. The zero-order chi connectivity index (χ0) is 31.9. The standard InChI is InChI=1S/C36H37FN4O5/c1-41-35(19-24-7-4-3-5-8-24)40-23-28(36(41)42)25-9-10-32(29(37)20-25)46-31-13-16-39-30-22-34(33(43-2)21-27(30)31)45-18-6-17-44-26-11-14-38-15-12-26/h3-5,7-10,13,16,20-23,26,38H,6,11-12,14-15,17-19H2,1-2H3. The van der Waals surface area contributed by atoms with Crippen LogP contribution < -0.4 is 25.1 Å². The average Bonchev–Trinajstić information content (AvgIpc) is 3.08. The predicted molar refractivity (Wildman–Crippen MR) is 174 cm³/mol. The summed E-state index contributed by atoms with van der Waals surface area (Å²) in [5, 5.41) is 3.97. The number of piperidine rings is 1. The number of ether oxygens (including phenoxy) is 4. The lowest BCUT2D eigenvalue weighted by Gasteiger charge is -2.22. The molecular weight excluding hydrogens is 587 g/mol. The van der Waals surface area contributed by atoms with Crippen LogP contribution in [0.2, 0.25) is 0 Å². The maximum atomic E-state index is 15.4. The zero-order valence-electron chi connectivity index (χ0n) is 26.0. The topological polar surface area (TPSA) is 96.7 Å². The molecule has 5 aromatic rings. The molecule has 0 unspecified atom stereocenters. The lowest BCUT2D eigenvalue weighted by molar-refractivity contribution is 0.0268. The van der Waals surface area contributed by atoms with Gasteiger partial charge in [0.15, 0.2) is 23.1 Å². The monoisotopic (exact) mass is 624 g/mol. The summed E-state index contributed by atoms with van der Waals surface area (Å²) in [6.07, 6.45) is 6.73. The van der Waals surface area contributed by atoms with Crippen molar-refractivity contribution >= 4 is 10.9 Å². The summed E-state index contributed by atoms with van der Waals surface area (Å²) in [4.78, 5) is 22.2. The second kappa shape index (κ2) is 14.5. The minimum absolute atomic E-state index is 0.00905. The Morgan fingerprint density at radius 3 is 2.54 bits per heavy atom. The number of pyridine rings is 1. The lowest BCUT2D eigenvalue weighted by atomic mass is 10.1. The summed E-state index contributed by atoms with van der Waals surface area (Å²) in [6, 6.07) is 19.5. The van der Waals surface area contributed by atoms with Gasteiger partial charge in [0.05, 0.1) is 37.5 Å². The van der Waals surface area contributed by atoms with Gasteiger partial charge in [0.25, 0.3) is 5.56 Å². The fourth-order valence-corrected chi connectivity index (χ4v) is 5.53. The highest BCUT2D eigenvalue weighted by atomic mass is 19.1. The Bertz CT molecular complexity index is 1860. The Labute approximate surface area is 266 Å². The summed E-state index contributed by atoms with van der Waals surface area (Å²) < 4.78 is 40.6. The molecule has 0 amide bonds. The highest BCUT2D eigenvalue weighted by Gasteiger charge is 2.17. The maximum absolute atomic E-state index is 15.4. The third kappa shape index (κ3) is 7.19. The fraction of sp³-hybridized carbons (Fsp3) is 0.306. The molecule has 0 saturated carbocycles. The van der Waals surface area contributed by atoms with Gasteiger partial charge in [0.1, 0.15) is 11.6 Å². The molecule has 2 aromatic heterocycles. The van der Waals surface area contributed by atoms with Crippen LogP contribution in [0.5, 0.6) is 23.0 Å². The highest BCUT2D eigenvalue weighted by Crippen LogP contribution is 2.38. The molecule has 0 atom stereocenters. The van der Waals surface area contributed by atoms with Gasteiger partial charge in [-0.2, -0.15) is 0 Å². The van der Waals surface area contributed by atoms with Gasteiger partial charge in [-0.05, 0) is 61.3 Å². The van der Waals surface area contributed by atoms with Crippen molar-refractivity contribution in [2.24, 2.45) is 7.05 Å². The van der Waals surface area contributed by atoms with Crippen LogP contribution >= 0.6 is 0 Å². The van der Waals surface area contributed by atoms with E-state index in [0.29, 0.717) is 70.8 Å².